The summed E-state index contributed by atoms with van der Waals surface area (Å²) in [6.45, 7) is 4.22. The molecule has 0 unspecified atom stereocenters. The highest BCUT2D eigenvalue weighted by Gasteiger charge is 2.36. The molecular formula is C22H25NO3. The number of Topliss-reactive ketones (excluding diaryl/α,β-unsaturated/α-hetero) is 1. The van der Waals surface area contributed by atoms with Crippen LogP contribution in [0.3, 0.4) is 0 Å². The van der Waals surface area contributed by atoms with Crippen LogP contribution in [-0.2, 0) is 11.2 Å². The lowest BCUT2D eigenvalue weighted by Crippen LogP contribution is -2.33. The zero-order valence-electron chi connectivity index (χ0n) is 15.3. The zero-order valence-corrected chi connectivity index (χ0v) is 15.3. The second-order valence-electron chi connectivity index (χ2n) is 7.63. The first-order valence-electron chi connectivity index (χ1n) is 8.98. The van der Waals surface area contributed by atoms with E-state index in [1.54, 1.807) is 0 Å². The van der Waals surface area contributed by atoms with E-state index in [2.05, 4.69) is 4.99 Å². The van der Waals surface area contributed by atoms with Crippen molar-refractivity contribution in [3.63, 3.8) is 0 Å². The van der Waals surface area contributed by atoms with E-state index < -0.39 is 0 Å². The van der Waals surface area contributed by atoms with Crippen molar-refractivity contribution in [3.8, 4) is 0 Å². The fraction of sp³-hybridized carbons (Fsp3) is 0.364. The van der Waals surface area contributed by atoms with Gasteiger partial charge in [0.2, 0.25) is 0 Å². The van der Waals surface area contributed by atoms with E-state index in [1.165, 1.54) is 0 Å². The number of aliphatic hydroxyl groups excluding tert-OH is 2. The molecule has 0 aromatic heterocycles. The zero-order chi connectivity index (χ0) is 18.7. The molecule has 136 valence electrons. The molecule has 1 aliphatic rings. The number of aliphatic imine (C=N–C) groups is 1. The van der Waals surface area contributed by atoms with Gasteiger partial charge in [0.1, 0.15) is 5.76 Å². The van der Waals surface area contributed by atoms with Crippen LogP contribution >= 0.6 is 0 Å². The molecule has 0 heterocycles. The smallest absolute Gasteiger partial charge is 0.168 e. The molecule has 1 aliphatic carbocycles. The van der Waals surface area contributed by atoms with E-state index >= 15 is 0 Å². The number of allylic oxidation sites excluding steroid dienone is 2. The van der Waals surface area contributed by atoms with E-state index in [-0.39, 0.29) is 30.1 Å². The molecule has 4 nitrogen and oxygen atoms in total. The molecule has 1 saturated carbocycles. The maximum atomic E-state index is 12.7. The number of benzene rings is 2. The standard InChI is InChI=1S/C22H25NO3/c1-22(2)13-18(23-10-11-24)21(20(26)14-22)19(25)12-16-8-5-7-15-6-3-4-9-17(15)16/h3-9,24-25H,10-14H2,1-2H3. The van der Waals surface area contributed by atoms with Crippen molar-refractivity contribution >= 4 is 22.3 Å². The summed E-state index contributed by atoms with van der Waals surface area (Å²) in [6, 6.07) is 14.0. The Balaban J connectivity index is 2.02. The Morgan fingerprint density at radius 1 is 1.12 bits per heavy atom. The minimum Gasteiger partial charge on any atom is -0.511 e. The third-order valence-electron chi connectivity index (χ3n) is 4.78. The molecule has 0 radical (unpaired) electrons. The first-order chi connectivity index (χ1) is 12.4. The molecule has 0 bridgehead atoms. The molecule has 4 heteroatoms. The second-order valence-corrected chi connectivity index (χ2v) is 7.63. The molecule has 0 aliphatic heterocycles. The minimum atomic E-state index is -0.186. The van der Waals surface area contributed by atoms with Crippen LogP contribution in [0.2, 0.25) is 0 Å². The van der Waals surface area contributed by atoms with Gasteiger partial charge < -0.3 is 10.2 Å². The third kappa shape index (κ3) is 3.86. The van der Waals surface area contributed by atoms with E-state index in [4.69, 9.17) is 5.11 Å². The van der Waals surface area contributed by atoms with Crippen LogP contribution in [-0.4, -0.2) is 34.9 Å². The van der Waals surface area contributed by atoms with Gasteiger partial charge in [-0.15, -0.1) is 0 Å². The number of aliphatic hydroxyl groups is 2. The van der Waals surface area contributed by atoms with E-state index in [0.717, 1.165) is 16.3 Å². The van der Waals surface area contributed by atoms with Crippen molar-refractivity contribution in [2.24, 2.45) is 10.4 Å². The average Bonchev–Trinajstić information content (AvgIpc) is 2.58. The molecule has 0 atom stereocenters. The van der Waals surface area contributed by atoms with Crippen LogP contribution in [0.5, 0.6) is 0 Å². The lowest BCUT2D eigenvalue weighted by Gasteiger charge is -2.31. The van der Waals surface area contributed by atoms with Gasteiger partial charge in [-0.05, 0) is 28.2 Å². The number of fused-ring (bicyclic) bond motifs is 1. The Morgan fingerprint density at radius 3 is 2.62 bits per heavy atom. The summed E-state index contributed by atoms with van der Waals surface area (Å²) in [5, 5.41) is 22.1. The molecule has 0 amide bonds. The number of hydrogen-bond acceptors (Lipinski definition) is 4. The Morgan fingerprint density at radius 2 is 1.85 bits per heavy atom. The summed E-state index contributed by atoms with van der Waals surface area (Å²) >= 11 is 0. The van der Waals surface area contributed by atoms with Crippen LogP contribution in [0.1, 0.15) is 32.3 Å². The summed E-state index contributed by atoms with van der Waals surface area (Å²) in [5.74, 6) is -0.00535. The molecule has 26 heavy (non-hydrogen) atoms. The molecule has 1 fully saturated rings. The fourth-order valence-corrected chi connectivity index (χ4v) is 3.65. The number of ketones is 1. The maximum Gasteiger partial charge on any atom is 0.168 e. The van der Waals surface area contributed by atoms with E-state index in [0.29, 0.717) is 30.5 Å². The molecule has 2 aromatic rings. The van der Waals surface area contributed by atoms with Crippen molar-refractivity contribution < 1.29 is 15.0 Å². The molecule has 0 saturated heterocycles. The Labute approximate surface area is 153 Å². The van der Waals surface area contributed by atoms with Crippen molar-refractivity contribution in [3.05, 3.63) is 59.4 Å². The van der Waals surface area contributed by atoms with Crippen LogP contribution < -0.4 is 0 Å². The van der Waals surface area contributed by atoms with Gasteiger partial charge in [0.25, 0.3) is 0 Å². The maximum absolute atomic E-state index is 12.7. The molecule has 0 spiro atoms. The number of carbonyl (C=O) groups is 1. The lowest BCUT2D eigenvalue weighted by molar-refractivity contribution is -0.117. The van der Waals surface area contributed by atoms with Gasteiger partial charge in [0, 0.05) is 18.6 Å². The predicted molar refractivity (Wildman–Crippen MR) is 105 cm³/mol. The quantitative estimate of drug-likeness (QED) is 0.646. The topological polar surface area (TPSA) is 69.9 Å². The SMILES string of the molecule is CC1(C)CC(=O)C(=C(O)Cc2cccc3ccccc23)C(=NCCO)C1. The Kier molecular flexibility index (Phi) is 5.23. The number of rotatable bonds is 4. The summed E-state index contributed by atoms with van der Waals surface area (Å²) in [4.78, 5) is 17.1. The van der Waals surface area contributed by atoms with Crippen molar-refractivity contribution in [2.75, 3.05) is 13.2 Å². The highest BCUT2D eigenvalue weighted by Crippen LogP contribution is 2.36. The Hall–Kier alpha value is -2.46. The monoisotopic (exact) mass is 351 g/mol. The highest BCUT2D eigenvalue weighted by molar-refractivity contribution is 6.24. The van der Waals surface area contributed by atoms with Gasteiger partial charge in [0.15, 0.2) is 5.78 Å². The average molecular weight is 351 g/mol. The molecule has 2 aromatic carbocycles. The van der Waals surface area contributed by atoms with Gasteiger partial charge >= 0.3 is 0 Å². The highest BCUT2D eigenvalue weighted by atomic mass is 16.3. The van der Waals surface area contributed by atoms with Gasteiger partial charge in [-0.1, -0.05) is 56.3 Å². The first kappa shape index (κ1) is 18.3. The van der Waals surface area contributed by atoms with E-state index in [1.807, 2.05) is 56.3 Å². The predicted octanol–water partition coefficient (Wildman–Crippen LogP) is 4.02. The molecular weight excluding hydrogens is 326 g/mol. The van der Waals surface area contributed by atoms with Crippen LogP contribution in [0, 0.1) is 5.41 Å². The molecule has 2 N–H and O–H groups in total. The number of nitrogens with zero attached hydrogens (tertiary/aromatic N) is 1. The van der Waals surface area contributed by atoms with Crippen molar-refractivity contribution in [1.82, 2.24) is 0 Å². The van der Waals surface area contributed by atoms with Crippen LogP contribution in [0.25, 0.3) is 10.8 Å². The van der Waals surface area contributed by atoms with Crippen LogP contribution in [0.4, 0.5) is 0 Å². The van der Waals surface area contributed by atoms with Gasteiger partial charge in [-0.3, -0.25) is 9.79 Å². The second kappa shape index (κ2) is 7.42. The summed E-state index contributed by atoms with van der Waals surface area (Å²) in [5.41, 5.74) is 1.74. The van der Waals surface area contributed by atoms with E-state index in [9.17, 15) is 9.90 Å². The summed E-state index contributed by atoms with van der Waals surface area (Å²) in [6.07, 6.45) is 1.30. The normalized spacial score (nSPS) is 20.6. The van der Waals surface area contributed by atoms with Gasteiger partial charge in [-0.2, -0.15) is 0 Å². The van der Waals surface area contributed by atoms with Crippen molar-refractivity contribution in [1.29, 1.82) is 0 Å². The minimum absolute atomic E-state index is 0.0681. The fourth-order valence-electron chi connectivity index (χ4n) is 3.65. The largest absolute Gasteiger partial charge is 0.511 e. The summed E-state index contributed by atoms with van der Waals surface area (Å²) in [7, 11) is 0. The number of hydrogen-bond donors (Lipinski definition) is 2. The van der Waals surface area contributed by atoms with Gasteiger partial charge in [0.05, 0.1) is 18.7 Å². The first-order valence-corrected chi connectivity index (χ1v) is 8.98. The molecule has 3 rings (SSSR count). The summed E-state index contributed by atoms with van der Waals surface area (Å²) < 4.78 is 0. The lowest BCUT2D eigenvalue weighted by atomic mass is 9.73. The number of carbonyl (C=O) groups excluding carboxylic acids is 1. The Bertz CT molecular complexity index is 888. The van der Waals surface area contributed by atoms with Crippen LogP contribution in [0.15, 0.2) is 58.8 Å². The third-order valence-corrected chi connectivity index (χ3v) is 4.78. The van der Waals surface area contributed by atoms with Gasteiger partial charge in [-0.25, -0.2) is 0 Å². The van der Waals surface area contributed by atoms with Crippen molar-refractivity contribution in [2.45, 2.75) is 33.1 Å².